The van der Waals surface area contributed by atoms with E-state index in [-0.39, 0.29) is 5.56 Å². The maximum Gasteiger partial charge on any atom is 0.272 e. The molecule has 0 atom stereocenters. The number of aromatic nitrogens is 2. The van der Waals surface area contributed by atoms with E-state index in [9.17, 15) is 4.79 Å². The molecular weight excluding hydrogens is 300 g/mol. The van der Waals surface area contributed by atoms with Crippen LogP contribution < -0.4 is 5.56 Å². The van der Waals surface area contributed by atoms with Gasteiger partial charge in [0.05, 0.1) is 16.3 Å². The minimum atomic E-state index is 0.0782. The van der Waals surface area contributed by atoms with E-state index in [2.05, 4.69) is 13.8 Å². The van der Waals surface area contributed by atoms with E-state index < -0.39 is 0 Å². The molecule has 0 spiro atoms. The Labute approximate surface area is 133 Å². The van der Waals surface area contributed by atoms with Crippen molar-refractivity contribution in [2.45, 2.75) is 42.5 Å². The summed E-state index contributed by atoms with van der Waals surface area (Å²) in [5, 5.41) is 1.20. The van der Waals surface area contributed by atoms with E-state index in [1.165, 1.54) is 5.56 Å². The van der Waals surface area contributed by atoms with Crippen LogP contribution in [0.5, 0.6) is 0 Å². The van der Waals surface area contributed by atoms with E-state index in [4.69, 9.17) is 4.98 Å². The summed E-state index contributed by atoms with van der Waals surface area (Å²) in [6.07, 6.45) is 0.898. The lowest BCUT2D eigenvalue weighted by atomic mass is 10.2. The zero-order chi connectivity index (χ0) is 15.0. The van der Waals surface area contributed by atoms with E-state index in [0.717, 1.165) is 33.6 Å². The molecule has 5 heteroatoms. The van der Waals surface area contributed by atoms with Crippen LogP contribution in [0.4, 0.5) is 0 Å². The summed E-state index contributed by atoms with van der Waals surface area (Å²) >= 11 is 3.28. The number of benzene rings is 1. The van der Waals surface area contributed by atoms with Crippen molar-refractivity contribution in [2.75, 3.05) is 5.75 Å². The molecule has 0 saturated heterocycles. The molecule has 0 unspecified atom stereocenters. The van der Waals surface area contributed by atoms with Crippen molar-refractivity contribution in [3.8, 4) is 5.69 Å². The second kappa shape index (κ2) is 5.89. The van der Waals surface area contributed by atoms with Crippen molar-refractivity contribution in [3.63, 3.8) is 0 Å². The quantitative estimate of drug-likeness (QED) is 0.638. The predicted molar refractivity (Wildman–Crippen MR) is 90.0 cm³/mol. The molecule has 110 valence electrons. The molecule has 1 aliphatic rings. The fourth-order valence-electron chi connectivity index (χ4n) is 2.30. The van der Waals surface area contributed by atoms with E-state index in [0.29, 0.717) is 5.25 Å². The lowest BCUT2D eigenvalue weighted by Crippen LogP contribution is -2.24. The lowest BCUT2D eigenvalue weighted by molar-refractivity contribution is 0.737. The molecule has 0 saturated carbocycles. The second-order valence-electron chi connectivity index (χ2n) is 5.41. The third-order valence-corrected chi connectivity index (χ3v) is 5.36. The molecule has 0 fully saturated rings. The lowest BCUT2D eigenvalue weighted by Gasteiger charge is -2.15. The van der Waals surface area contributed by atoms with Crippen molar-refractivity contribution in [1.29, 1.82) is 0 Å². The summed E-state index contributed by atoms with van der Waals surface area (Å²) in [5.41, 5.74) is 3.14. The van der Waals surface area contributed by atoms with Gasteiger partial charge in [-0.3, -0.25) is 9.36 Å². The number of rotatable bonds is 3. The predicted octanol–water partition coefficient (Wildman–Crippen LogP) is 3.69. The molecule has 2 aromatic rings. The minimum absolute atomic E-state index is 0.0782. The van der Waals surface area contributed by atoms with Gasteiger partial charge >= 0.3 is 0 Å². The molecule has 0 bridgehead atoms. The molecule has 3 rings (SSSR count). The Kier molecular flexibility index (Phi) is 4.13. The zero-order valence-electron chi connectivity index (χ0n) is 12.4. The first-order valence-corrected chi connectivity index (χ1v) is 8.95. The van der Waals surface area contributed by atoms with Crippen LogP contribution >= 0.6 is 23.5 Å². The Morgan fingerprint density at radius 3 is 2.67 bits per heavy atom. The summed E-state index contributed by atoms with van der Waals surface area (Å²) in [4.78, 5) is 18.4. The van der Waals surface area contributed by atoms with Crippen molar-refractivity contribution in [1.82, 2.24) is 9.55 Å². The normalized spacial score (nSPS) is 13.7. The van der Waals surface area contributed by atoms with Crippen LogP contribution in [0.25, 0.3) is 5.69 Å². The van der Waals surface area contributed by atoms with Crippen molar-refractivity contribution >= 4 is 23.5 Å². The Balaban J connectivity index is 2.21. The fourth-order valence-corrected chi connectivity index (χ4v) is 4.21. The van der Waals surface area contributed by atoms with Crippen molar-refractivity contribution in [3.05, 3.63) is 45.9 Å². The van der Waals surface area contributed by atoms with Crippen LogP contribution in [0.15, 0.2) is 39.1 Å². The zero-order valence-corrected chi connectivity index (χ0v) is 14.1. The maximum absolute atomic E-state index is 12.8. The molecule has 1 aliphatic heterocycles. The van der Waals surface area contributed by atoms with Crippen LogP contribution in [0.1, 0.15) is 25.1 Å². The highest BCUT2D eigenvalue weighted by atomic mass is 32.2. The highest BCUT2D eigenvalue weighted by Crippen LogP contribution is 2.31. The summed E-state index contributed by atoms with van der Waals surface area (Å²) in [6, 6.07) is 8.06. The number of hydrogen-bond donors (Lipinski definition) is 0. The van der Waals surface area contributed by atoms with Crippen LogP contribution in [0.2, 0.25) is 0 Å². The van der Waals surface area contributed by atoms with Gasteiger partial charge in [-0.25, -0.2) is 4.98 Å². The topological polar surface area (TPSA) is 34.9 Å². The SMILES string of the molecule is Cc1ccc(-n2c(SC(C)C)nc3c(c2=O)SCC3)cc1. The monoisotopic (exact) mass is 318 g/mol. The van der Waals surface area contributed by atoms with Crippen LogP contribution in [-0.4, -0.2) is 20.6 Å². The molecule has 21 heavy (non-hydrogen) atoms. The first-order valence-electron chi connectivity index (χ1n) is 7.08. The van der Waals surface area contributed by atoms with Gasteiger partial charge in [0.15, 0.2) is 5.16 Å². The molecule has 3 nitrogen and oxygen atoms in total. The minimum Gasteiger partial charge on any atom is -0.268 e. The van der Waals surface area contributed by atoms with E-state index in [1.807, 2.05) is 31.2 Å². The van der Waals surface area contributed by atoms with Crippen molar-refractivity contribution in [2.24, 2.45) is 0 Å². The largest absolute Gasteiger partial charge is 0.272 e. The molecule has 2 heterocycles. The number of hydrogen-bond acceptors (Lipinski definition) is 4. The summed E-state index contributed by atoms with van der Waals surface area (Å²) in [5.74, 6) is 0.960. The Bertz CT molecular complexity index is 720. The third-order valence-electron chi connectivity index (χ3n) is 3.30. The average molecular weight is 318 g/mol. The number of aryl methyl sites for hydroxylation is 2. The van der Waals surface area contributed by atoms with Gasteiger partial charge in [0, 0.05) is 17.4 Å². The first-order chi connectivity index (χ1) is 10.1. The van der Waals surface area contributed by atoms with Crippen LogP contribution in [0.3, 0.4) is 0 Å². The number of nitrogens with zero attached hydrogens (tertiary/aromatic N) is 2. The summed E-state index contributed by atoms with van der Waals surface area (Å²) in [7, 11) is 0. The summed E-state index contributed by atoms with van der Waals surface area (Å²) in [6.45, 7) is 6.30. The fraction of sp³-hybridized carbons (Fsp3) is 0.375. The second-order valence-corrected chi connectivity index (χ2v) is 8.06. The van der Waals surface area contributed by atoms with Crippen LogP contribution in [0, 0.1) is 6.92 Å². The highest BCUT2D eigenvalue weighted by Gasteiger charge is 2.22. The van der Waals surface area contributed by atoms with Gasteiger partial charge in [0.25, 0.3) is 5.56 Å². The molecule has 0 N–H and O–H groups in total. The number of thioether (sulfide) groups is 2. The van der Waals surface area contributed by atoms with E-state index >= 15 is 0 Å². The smallest absolute Gasteiger partial charge is 0.268 e. The summed E-state index contributed by atoms with van der Waals surface area (Å²) < 4.78 is 1.77. The highest BCUT2D eigenvalue weighted by molar-refractivity contribution is 8.00. The molecular formula is C16H18N2OS2. The Morgan fingerprint density at radius 2 is 2.00 bits per heavy atom. The van der Waals surface area contributed by atoms with Gasteiger partial charge in [-0.15, -0.1) is 11.8 Å². The standard InChI is InChI=1S/C16H18N2OS2/c1-10(2)21-16-17-13-8-9-20-14(13)15(19)18(16)12-6-4-11(3)5-7-12/h4-7,10H,8-9H2,1-3H3. The van der Waals surface area contributed by atoms with Gasteiger partial charge in [-0.1, -0.05) is 43.3 Å². The molecule has 1 aromatic heterocycles. The number of fused-ring (bicyclic) bond motifs is 1. The van der Waals surface area contributed by atoms with Gasteiger partial charge < -0.3 is 0 Å². The maximum atomic E-state index is 12.8. The van der Waals surface area contributed by atoms with Gasteiger partial charge in [0.1, 0.15) is 0 Å². The first kappa shape index (κ1) is 14.7. The van der Waals surface area contributed by atoms with Gasteiger partial charge in [-0.05, 0) is 19.1 Å². The van der Waals surface area contributed by atoms with Crippen molar-refractivity contribution < 1.29 is 0 Å². The Morgan fingerprint density at radius 1 is 1.29 bits per heavy atom. The molecule has 0 aliphatic carbocycles. The van der Waals surface area contributed by atoms with E-state index in [1.54, 1.807) is 28.1 Å². The molecule has 0 amide bonds. The van der Waals surface area contributed by atoms with Gasteiger partial charge in [-0.2, -0.15) is 0 Å². The Hall–Kier alpha value is -1.20. The third kappa shape index (κ3) is 2.90. The van der Waals surface area contributed by atoms with Gasteiger partial charge in [0.2, 0.25) is 0 Å². The average Bonchev–Trinajstić information content (AvgIpc) is 2.88. The molecule has 0 radical (unpaired) electrons. The molecule has 1 aromatic carbocycles. The van der Waals surface area contributed by atoms with Crippen LogP contribution in [-0.2, 0) is 6.42 Å².